The molecule has 37 heavy (non-hydrogen) atoms. The largest absolute Gasteiger partial charge is 0.465 e. The number of alkyl halides is 1. The predicted molar refractivity (Wildman–Crippen MR) is 141 cm³/mol. The van der Waals surface area contributed by atoms with E-state index in [-0.39, 0.29) is 89.0 Å². The molecule has 0 aromatic rings. The van der Waals surface area contributed by atoms with Crippen LogP contribution in [0.2, 0.25) is 0 Å². The van der Waals surface area contributed by atoms with Gasteiger partial charge in [0.1, 0.15) is 6.61 Å². The molecule has 0 saturated heterocycles. The summed E-state index contributed by atoms with van der Waals surface area (Å²) < 4.78 is 10.5. The number of carbonyl (C=O) groups excluding carboxylic acids is 4. The van der Waals surface area contributed by atoms with Gasteiger partial charge in [0, 0.05) is 28.0 Å². The summed E-state index contributed by atoms with van der Waals surface area (Å²) >= 11 is 4.23. The minimum absolute atomic E-state index is 0.0367. The van der Waals surface area contributed by atoms with Gasteiger partial charge in [0.05, 0.1) is 19.6 Å². The summed E-state index contributed by atoms with van der Waals surface area (Å²) in [7, 11) is 0. The molecule has 0 heterocycles. The number of aliphatic hydroxyl groups is 1. The molecule has 0 aromatic carbocycles. The Morgan fingerprint density at radius 1 is 1.11 bits per heavy atom. The molecule has 0 unspecified atom stereocenters. The van der Waals surface area contributed by atoms with Crippen LogP contribution in [0, 0.1) is 40.4 Å². The van der Waals surface area contributed by atoms with Gasteiger partial charge in [-0.25, -0.2) is 0 Å². The molecule has 4 rings (SSSR count). The van der Waals surface area contributed by atoms with Gasteiger partial charge in [0.15, 0.2) is 11.6 Å². The molecule has 0 aliphatic heterocycles. The second kappa shape index (κ2) is 10.4. The minimum atomic E-state index is -0.598. The standard InChI is InChI=1S/C29H39BrO7/c1-5-24(34)36-15-18-13-21-22-12-17(2)20-14-19(32)6-8-28(20,4)29(22,30)10-9-27(21,3)26(18)23(33)16-37-25(35)7-11-31/h6,8,14,17-18,21-22,26,31H,5,7,9-13,15-16H2,1-4H3/t17-,18+,21-,22-,26+,27-,28-,29+/m0/s1. The summed E-state index contributed by atoms with van der Waals surface area (Å²) in [5.41, 5.74) is 0.528. The molecule has 1 N–H and O–H groups in total. The zero-order valence-corrected chi connectivity index (χ0v) is 23.8. The van der Waals surface area contributed by atoms with Crippen molar-refractivity contribution in [3.8, 4) is 0 Å². The summed E-state index contributed by atoms with van der Waals surface area (Å²) in [6.07, 6.45) is 8.97. The highest BCUT2D eigenvalue weighted by Gasteiger charge is 2.68. The summed E-state index contributed by atoms with van der Waals surface area (Å²) in [6.45, 7) is 7.86. The number of hydrogen-bond acceptors (Lipinski definition) is 7. The van der Waals surface area contributed by atoms with Gasteiger partial charge in [-0.2, -0.15) is 0 Å². The summed E-state index contributed by atoms with van der Waals surface area (Å²) in [5.74, 6) is -0.884. The fourth-order valence-corrected chi connectivity index (χ4v) is 9.22. The first-order valence-corrected chi connectivity index (χ1v) is 14.3. The number of carbonyl (C=O) groups is 4. The van der Waals surface area contributed by atoms with E-state index in [1.807, 2.05) is 6.08 Å². The third-order valence-corrected chi connectivity index (χ3v) is 11.8. The molecule has 0 amide bonds. The van der Waals surface area contributed by atoms with Crippen LogP contribution >= 0.6 is 15.9 Å². The second-order valence-electron chi connectivity index (χ2n) is 11.9. The SMILES string of the molecule is CCC(=O)OC[C@H]1C[C@H]2[C@@H]3C[C@H](C)C4=CC(=O)C=C[C@]4(C)[C@@]3(Br)CC[C@]2(C)[C@H]1C(=O)COC(=O)CCO. The van der Waals surface area contributed by atoms with Crippen LogP contribution in [0.1, 0.15) is 66.2 Å². The maximum atomic E-state index is 13.6. The molecule has 8 heteroatoms. The van der Waals surface area contributed by atoms with Crippen molar-refractivity contribution in [1.82, 2.24) is 0 Å². The van der Waals surface area contributed by atoms with E-state index in [2.05, 4.69) is 42.8 Å². The third-order valence-electron chi connectivity index (χ3n) is 9.95. The van der Waals surface area contributed by atoms with E-state index in [9.17, 15) is 19.2 Å². The fraction of sp³-hybridized carbons (Fsp3) is 0.724. The molecule has 0 bridgehead atoms. The van der Waals surface area contributed by atoms with Crippen molar-refractivity contribution < 1.29 is 33.8 Å². The van der Waals surface area contributed by atoms with Crippen LogP contribution in [-0.4, -0.2) is 52.8 Å². The first-order chi connectivity index (χ1) is 17.4. The molecule has 4 aliphatic rings. The number of hydrogen-bond donors (Lipinski definition) is 1. The van der Waals surface area contributed by atoms with Crippen LogP contribution in [-0.2, 0) is 28.7 Å². The van der Waals surface area contributed by atoms with E-state index in [1.54, 1.807) is 13.0 Å². The van der Waals surface area contributed by atoms with Crippen LogP contribution in [0.15, 0.2) is 23.8 Å². The van der Waals surface area contributed by atoms with Crippen molar-refractivity contribution in [2.75, 3.05) is 19.8 Å². The molecule has 7 nitrogen and oxygen atoms in total. The van der Waals surface area contributed by atoms with Crippen LogP contribution in [0.5, 0.6) is 0 Å². The van der Waals surface area contributed by atoms with Gasteiger partial charge in [-0.05, 0) is 61.0 Å². The van der Waals surface area contributed by atoms with Crippen LogP contribution < -0.4 is 0 Å². The van der Waals surface area contributed by atoms with E-state index in [4.69, 9.17) is 14.6 Å². The Morgan fingerprint density at radius 3 is 2.51 bits per heavy atom. The van der Waals surface area contributed by atoms with Gasteiger partial charge in [-0.3, -0.25) is 19.2 Å². The lowest BCUT2D eigenvalue weighted by molar-refractivity contribution is -0.153. The van der Waals surface area contributed by atoms with Crippen molar-refractivity contribution in [3.63, 3.8) is 0 Å². The maximum Gasteiger partial charge on any atom is 0.308 e. The first-order valence-electron chi connectivity index (χ1n) is 13.5. The van der Waals surface area contributed by atoms with Crippen LogP contribution in [0.25, 0.3) is 0 Å². The van der Waals surface area contributed by atoms with Crippen LogP contribution in [0.3, 0.4) is 0 Å². The first kappa shape index (κ1) is 28.2. The molecular formula is C29H39BrO7. The summed E-state index contributed by atoms with van der Waals surface area (Å²) in [5, 5.41) is 9.00. The molecule has 8 atom stereocenters. The van der Waals surface area contributed by atoms with E-state index in [0.29, 0.717) is 0 Å². The molecule has 3 fully saturated rings. The molecule has 0 aromatic heterocycles. The van der Waals surface area contributed by atoms with Crippen molar-refractivity contribution in [2.24, 2.45) is 40.4 Å². The Kier molecular flexibility index (Phi) is 7.93. The van der Waals surface area contributed by atoms with Crippen molar-refractivity contribution in [3.05, 3.63) is 23.8 Å². The number of ketones is 2. The van der Waals surface area contributed by atoms with Gasteiger partial charge >= 0.3 is 11.9 Å². The van der Waals surface area contributed by atoms with E-state index >= 15 is 0 Å². The topological polar surface area (TPSA) is 107 Å². The molecule has 3 saturated carbocycles. The Bertz CT molecular complexity index is 1030. The Balaban J connectivity index is 1.67. The van der Waals surface area contributed by atoms with Gasteiger partial charge in [0.25, 0.3) is 0 Å². The molecule has 204 valence electrons. The fourth-order valence-electron chi connectivity index (χ4n) is 8.16. The summed E-state index contributed by atoms with van der Waals surface area (Å²) in [6, 6.07) is 0. The number of allylic oxidation sites excluding steroid dienone is 4. The number of halogens is 1. The number of ether oxygens (including phenoxy) is 2. The van der Waals surface area contributed by atoms with E-state index < -0.39 is 11.9 Å². The average Bonchev–Trinajstić information content (AvgIpc) is 3.16. The maximum absolute atomic E-state index is 13.6. The van der Waals surface area contributed by atoms with Crippen molar-refractivity contribution in [1.29, 1.82) is 0 Å². The van der Waals surface area contributed by atoms with Gasteiger partial charge < -0.3 is 14.6 Å². The lowest BCUT2D eigenvalue weighted by Gasteiger charge is -2.63. The highest BCUT2D eigenvalue weighted by atomic mass is 79.9. The minimum Gasteiger partial charge on any atom is -0.465 e. The van der Waals surface area contributed by atoms with Gasteiger partial charge in [-0.15, -0.1) is 0 Å². The lowest BCUT2D eigenvalue weighted by Crippen LogP contribution is -2.60. The lowest BCUT2D eigenvalue weighted by atomic mass is 9.46. The van der Waals surface area contributed by atoms with Crippen LogP contribution in [0.4, 0.5) is 0 Å². The Morgan fingerprint density at radius 2 is 1.84 bits per heavy atom. The smallest absolute Gasteiger partial charge is 0.308 e. The van der Waals surface area contributed by atoms with Crippen molar-refractivity contribution in [2.45, 2.75) is 70.5 Å². The Labute approximate surface area is 227 Å². The number of Topliss-reactive ketones (excluding diaryl/α,β-unsaturated/α-hetero) is 1. The average molecular weight is 580 g/mol. The van der Waals surface area contributed by atoms with Crippen molar-refractivity contribution >= 4 is 39.4 Å². The normalized spacial score (nSPS) is 40.2. The van der Waals surface area contributed by atoms with E-state index in [0.717, 1.165) is 25.7 Å². The van der Waals surface area contributed by atoms with Gasteiger partial charge in [0.2, 0.25) is 0 Å². The predicted octanol–water partition coefficient (Wildman–Crippen LogP) is 4.35. The number of rotatable bonds is 8. The monoisotopic (exact) mass is 578 g/mol. The summed E-state index contributed by atoms with van der Waals surface area (Å²) in [4.78, 5) is 49.8. The number of aliphatic hydroxyl groups excluding tert-OH is 1. The second-order valence-corrected chi connectivity index (χ2v) is 13.3. The molecule has 4 aliphatic carbocycles. The zero-order valence-electron chi connectivity index (χ0n) is 22.3. The molecule has 0 spiro atoms. The zero-order chi connectivity index (χ0) is 27.2. The third kappa shape index (κ3) is 4.66. The van der Waals surface area contributed by atoms with Gasteiger partial charge in [-0.1, -0.05) is 55.3 Å². The highest BCUT2D eigenvalue weighted by Crippen LogP contribution is 2.71. The number of esters is 2. The van der Waals surface area contributed by atoms with E-state index in [1.165, 1.54) is 5.57 Å². The highest BCUT2D eigenvalue weighted by molar-refractivity contribution is 9.10. The molecular weight excluding hydrogens is 540 g/mol. The number of fused-ring (bicyclic) bond motifs is 5. The molecule has 0 radical (unpaired) electrons. The Hall–Kier alpha value is -1.80. The quantitative estimate of drug-likeness (QED) is 0.337.